The highest BCUT2D eigenvalue weighted by molar-refractivity contribution is 5.93. The normalized spacial score (nSPS) is 15.4. The van der Waals surface area contributed by atoms with Crippen LogP contribution in [0, 0.1) is 11.7 Å². The van der Waals surface area contributed by atoms with Crippen LogP contribution >= 0.6 is 0 Å². The number of alkyl halides is 2. The van der Waals surface area contributed by atoms with E-state index in [0.717, 1.165) is 37.4 Å². The zero-order valence-corrected chi connectivity index (χ0v) is 23.3. The molecule has 2 heterocycles. The van der Waals surface area contributed by atoms with E-state index in [4.69, 9.17) is 4.74 Å². The number of nitrogens with one attached hydrogen (secondary N) is 1. The number of aliphatic hydroxyl groups is 1. The number of nitrogens with zero attached hydrogens (tertiary/aromatic N) is 4. The first kappa shape index (κ1) is 29.5. The van der Waals surface area contributed by atoms with Gasteiger partial charge in [-0.25, -0.2) is 4.39 Å². The van der Waals surface area contributed by atoms with Gasteiger partial charge in [0.15, 0.2) is 0 Å². The van der Waals surface area contributed by atoms with E-state index in [-0.39, 0.29) is 23.9 Å². The predicted octanol–water partition coefficient (Wildman–Crippen LogP) is 4.56. The molecular weight excluding hydrogens is 523 g/mol. The zero-order chi connectivity index (χ0) is 29.1. The fourth-order valence-electron chi connectivity index (χ4n) is 4.87. The van der Waals surface area contributed by atoms with Crippen molar-refractivity contribution >= 4 is 28.2 Å². The Hall–Kier alpha value is -3.44. The average molecular weight is 560 g/mol. The van der Waals surface area contributed by atoms with E-state index in [0.29, 0.717) is 44.0 Å². The summed E-state index contributed by atoms with van der Waals surface area (Å²) >= 11 is 0. The highest BCUT2D eigenvalue weighted by atomic mass is 19.3. The van der Waals surface area contributed by atoms with Gasteiger partial charge < -0.3 is 25.0 Å². The molecule has 1 aromatic heterocycles. The van der Waals surface area contributed by atoms with Gasteiger partial charge in [-0.15, -0.1) is 0 Å². The maximum atomic E-state index is 15.1. The van der Waals surface area contributed by atoms with Crippen molar-refractivity contribution in [2.24, 2.45) is 5.92 Å². The molecule has 0 saturated carbocycles. The van der Waals surface area contributed by atoms with Crippen molar-refractivity contribution < 1.29 is 27.8 Å². The van der Waals surface area contributed by atoms with Crippen LogP contribution in [0.15, 0.2) is 42.6 Å². The van der Waals surface area contributed by atoms with Gasteiger partial charge in [0, 0.05) is 56.5 Å². The second kappa shape index (κ2) is 12.0. The van der Waals surface area contributed by atoms with Crippen LogP contribution < -0.4 is 10.2 Å². The minimum Gasteiger partial charge on any atom is -0.384 e. The number of anilines is 2. The van der Waals surface area contributed by atoms with Crippen molar-refractivity contribution in [3.05, 3.63) is 59.5 Å². The summed E-state index contributed by atoms with van der Waals surface area (Å²) in [5, 5.41) is 22.0. The van der Waals surface area contributed by atoms with E-state index < -0.39 is 22.9 Å². The lowest BCUT2D eigenvalue weighted by Crippen LogP contribution is -2.50. The van der Waals surface area contributed by atoms with E-state index in [2.05, 4.69) is 20.4 Å². The largest absolute Gasteiger partial charge is 0.384 e. The first-order valence-corrected chi connectivity index (χ1v) is 13.4. The molecule has 40 heavy (non-hydrogen) atoms. The molecule has 1 saturated heterocycles. The lowest BCUT2D eigenvalue weighted by Gasteiger charge is -2.37. The van der Waals surface area contributed by atoms with E-state index in [1.54, 1.807) is 7.11 Å². The number of rotatable bonds is 10. The molecule has 0 radical (unpaired) electrons. The van der Waals surface area contributed by atoms with Gasteiger partial charge >= 0.3 is 5.92 Å². The number of piperazine rings is 1. The lowest BCUT2D eigenvalue weighted by atomic mass is 9.92. The Labute approximate surface area is 232 Å². The number of amides is 1. The number of methoxy groups -OCH3 is 1. The Bertz CT molecular complexity index is 1340. The van der Waals surface area contributed by atoms with E-state index in [1.165, 1.54) is 18.3 Å². The highest BCUT2D eigenvalue weighted by Crippen LogP contribution is 2.40. The molecule has 0 bridgehead atoms. The van der Waals surface area contributed by atoms with Gasteiger partial charge in [-0.1, -0.05) is 19.1 Å². The molecule has 4 rings (SSSR count). The van der Waals surface area contributed by atoms with Crippen LogP contribution in [-0.2, 0) is 22.0 Å². The second-order valence-corrected chi connectivity index (χ2v) is 10.6. The van der Waals surface area contributed by atoms with Gasteiger partial charge in [0.2, 0.25) is 5.91 Å². The van der Waals surface area contributed by atoms with Crippen LogP contribution in [-0.4, -0.2) is 71.6 Å². The molecule has 1 fully saturated rings. The molecule has 1 aliphatic heterocycles. The van der Waals surface area contributed by atoms with Crippen molar-refractivity contribution in [3.63, 3.8) is 0 Å². The molecular formula is C29H36F3N5O3. The summed E-state index contributed by atoms with van der Waals surface area (Å²) in [6.07, 6.45) is 2.24. The topological polar surface area (TPSA) is 90.8 Å². The minimum absolute atomic E-state index is 0.0298. The molecule has 1 amide bonds. The first-order valence-electron chi connectivity index (χ1n) is 13.4. The van der Waals surface area contributed by atoms with E-state index in [1.807, 2.05) is 30.0 Å². The van der Waals surface area contributed by atoms with Gasteiger partial charge in [0.1, 0.15) is 11.4 Å². The Morgan fingerprint density at radius 2 is 1.90 bits per heavy atom. The Balaban J connectivity index is 1.50. The van der Waals surface area contributed by atoms with Crippen molar-refractivity contribution in [1.82, 2.24) is 15.1 Å². The number of carbonyl (C=O) groups excluding carboxylic acids is 1. The third-order valence-corrected chi connectivity index (χ3v) is 7.44. The third-order valence-electron chi connectivity index (χ3n) is 7.44. The molecule has 1 aliphatic rings. The minimum atomic E-state index is -3.78. The molecule has 1 atom stereocenters. The Morgan fingerprint density at radius 1 is 1.18 bits per heavy atom. The number of hydrogen-bond acceptors (Lipinski definition) is 7. The summed E-state index contributed by atoms with van der Waals surface area (Å²) in [4.78, 5) is 16.9. The first-order chi connectivity index (χ1) is 19.0. The van der Waals surface area contributed by atoms with Crippen molar-refractivity contribution in [2.45, 2.75) is 45.3 Å². The summed E-state index contributed by atoms with van der Waals surface area (Å²) in [7, 11) is 1.60. The zero-order valence-electron chi connectivity index (χ0n) is 23.3. The average Bonchev–Trinajstić information content (AvgIpc) is 2.94. The molecule has 0 spiro atoms. The van der Waals surface area contributed by atoms with Crippen LogP contribution in [0.25, 0.3) is 10.9 Å². The number of aromatic nitrogens is 2. The fourth-order valence-corrected chi connectivity index (χ4v) is 4.87. The van der Waals surface area contributed by atoms with Crippen molar-refractivity contribution in [2.75, 3.05) is 50.1 Å². The Morgan fingerprint density at radius 3 is 2.55 bits per heavy atom. The molecule has 8 nitrogen and oxygen atoms in total. The SMILES string of the molecule is CCC(COC)C(=O)N1CCN(c2ccc3nncc(NCc4cccc(C(F)(F)C(C)(C)O)c4F)c3c2)CC1. The van der Waals surface area contributed by atoms with E-state index in [9.17, 15) is 18.7 Å². The van der Waals surface area contributed by atoms with Crippen LogP contribution in [0.1, 0.15) is 38.3 Å². The van der Waals surface area contributed by atoms with Gasteiger partial charge in [-0.3, -0.25) is 4.79 Å². The van der Waals surface area contributed by atoms with Crippen LogP contribution in [0.5, 0.6) is 0 Å². The number of ether oxygens (including phenoxy) is 1. The van der Waals surface area contributed by atoms with Gasteiger partial charge in [-0.2, -0.15) is 19.0 Å². The fraction of sp³-hybridized carbons (Fsp3) is 0.483. The van der Waals surface area contributed by atoms with Gasteiger partial charge in [0.05, 0.1) is 35.5 Å². The lowest BCUT2D eigenvalue weighted by molar-refractivity contribution is -0.170. The van der Waals surface area contributed by atoms with Gasteiger partial charge in [-0.05, 0) is 44.5 Å². The quantitative estimate of drug-likeness (QED) is 0.376. The molecule has 1 unspecified atom stereocenters. The molecule has 2 N–H and O–H groups in total. The van der Waals surface area contributed by atoms with E-state index >= 15 is 4.39 Å². The number of fused-ring (bicyclic) bond motifs is 1. The number of halogens is 3. The van der Waals surface area contributed by atoms with Crippen molar-refractivity contribution in [3.8, 4) is 0 Å². The van der Waals surface area contributed by atoms with Crippen LogP contribution in [0.2, 0.25) is 0 Å². The summed E-state index contributed by atoms with van der Waals surface area (Å²) in [5.41, 5.74) is -1.12. The molecule has 2 aromatic carbocycles. The third kappa shape index (κ3) is 6.00. The maximum absolute atomic E-state index is 15.1. The monoisotopic (exact) mass is 559 g/mol. The number of carbonyl (C=O) groups is 1. The summed E-state index contributed by atoms with van der Waals surface area (Å²) in [6, 6.07) is 9.50. The highest BCUT2D eigenvalue weighted by Gasteiger charge is 2.49. The van der Waals surface area contributed by atoms with Gasteiger partial charge in [0.25, 0.3) is 0 Å². The summed E-state index contributed by atoms with van der Waals surface area (Å²) < 4.78 is 49.7. The second-order valence-electron chi connectivity index (χ2n) is 10.6. The van der Waals surface area contributed by atoms with Crippen molar-refractivity contribution in [1.29, 1.82) is 0 Å². The molecule has 0 aliphatic carbocycles. The predicted molar refractivity (Wildman–Crippen MR) is 148 cm³/mol. The standard InChI is InChI=1S/C29H36F3N5O3/c1-5-19(18-40-4)27(38)37-13-11-36(12-14-37)21-9-10-24-22(15-21)25(17-34-35-24)33-16-20-7-6-8-23(26(20)30)29(31,32)28(2,3)39/h6-10,15,17,19,39H,5,11-14,16,18H2,1-4H3,(H,33,35). The van der Waals surface area contributed by atoms with Crippen LogP contribution in [0.3, 0.4) is 0 Å². The maximum Gasteiger partial charge on any atom is 0.303 e. The van der Waals surface area contributed by atoms with Crippen LogP contribution in [0.4, 0.5) is 24.5 Å². The smallest absolute Gasteiger partial charge is 0.303 e. The number of hydrogen-bond donors (Lipinski definition) is 2. The molecule has 3 aromatic rings. The summed E-state index contributed by atoms with van der Waals surface area (Å²) in [6.45, 7) is 6.74. The molecule has 216 valence electrons. The summed E-state index contributed by atoms with van der Waals surface area (Å²) in [5.74, 6) is -4.88. The molecule has 11 heteroatoms. The number of benzene rings is 2. The Kier molecular flexibility index (Phi) is 8.84.